The highest BCUT2D eigenvalue weighted by molar-refractivity contribution is 5.63. The van der Waals surface area contributed by atoms with Crippen LogP contribution in [0.3, 0.4) is 0 Å². The first-order valence-corrected chi connectivity index (χ1v) is 8.62. The smallest absolute Gasteiger partial charge is 0.0414 e. The van der Waals surface area contributed by atoms with Gasteiger partial charge >= 0.3 is 0 Å². The van der Waals surface area contributed by atoms with E-state index < -0.39 is 5.97 Å². The van der Waals surface area contributed by atoms with E-state index in [2.05, 4.69) is 19.1 Å². The topological polar surface area (TPSA) is 113 Å². The van der Waals surface area contributed by atoms with Crippen LogP contribution in [-0.2, 0) is 4.79 Å². The van der Waals surface area contributed by atoms with Gasteiger partial charge in [0, 0.05) is 5.97 Å². The number of carboxylic acid groups (broad SMARTS) is 1. The fourth-order valence-corrected chi connectivity index (χ4v) is 2.34. The number of carbonyl (C=O) groups is 1. The Morgan fingerprint density at radius 1 is 0.739 bits per heavy atom. The summed E-state index contributed by atoms with van der Waals surface area (Å²) in [5.41, 5.74) is 0. The Kier molecular flexibility index (Phi) is 34.7. The van der Waals surface area contributed by atoms with Gasteiger partial charge in [-0.05, 0) is 38.5 Å². The number of rotatable bonds is 15. The van der Waals surface area contributed by atoms with Gasteiger partial charge in [-0.3, -0.25) is 0 Å². The van der Waals surface area contributed by atoms with Crippen molar-refractivity contribution in [1.29, 1.82) is 0 Å². The van der Waals surface area contributed by atoms with E-state index in [1.807, 2.05) is 0 Å². The number of hydrogen-bond donors (Lipinski definition) is 2. The summed E-state index contributed by atoms with van der Waals surface area (Å²) in [5, 5.41) is 10.2. The Labute approximate surface area is 150 Å². The molecule has 0 saturated carbocycles. The molecule has 0 amide bonds. The van der Waals surface area contributed by atoms with Crippen LogP contribution in [0.1, 0.15) is 96.8 Å². The number of hydrogen-bond acceptors (Lipinski definition) is 2. The normalized spacial score (nSPS) is 9.78. The van der Waals surface area contributed by atoms with E-state index in [0.717, 1.165) is 19.3 Å². The molecule has 0 unspecified atom stereocenters. The second kappa shape index (κ2) is 26.3. The zero-order valence-corrected chi connectivity index (χ0v) is 16.5. The van der Waals surface area contributed by atoms with Crippen LogP contribution in [0.25, 0.3) is 0 Å². The van der Waals surface area contributed by atoms with Gasteiger partial charge in [-0.15, -0.1) is 0 Å². The van der Waals surface area contributed by atoms with Crippen LogP contribution < -0.4 is 29.8 Å². The highest BCUT2D eigenvalue weighted by Crippen LogP contribution is 2.09. The number of carboxylic acids is 1. The summed E-state index contributed by atoms with van der Waals surface area (Å²) in [5.74, 6) is -0.914. The third-order valence-corrected chi connectivity index (χ3v) is 3.64. The van der Waals surface area contributed by atoms with E-state index in [1.54, 1.807) is 0 Å². The summed E-state index contributed by atoms with van der Waals surface area (Å²) < 4.78 is 0. The van der Waals surface area contributed by atoms with Crippen LogP contribution in [0.15, 0.2) is 12.2 Å². The monoisotopic (exact) mass is 352 g/mol. The van der Waals surface area contributed by atoms with E-state index >= 15 is 0 Å². The first-order valence-electron chi connectivity index (χ1n) is 8.62. The van der Waals surface area contributed by atoms with Crippen molar-refractivity contribution in [2.45, 2.75) is 96.8 Å². The van der Waals surface area contributed by atoms with Crippen molar-refractivity contribution in [3.05, 3.63) is 12.2 Å². The summed E-state index contributed by atoms with van der Waals surface area (Å²) in [6, 6.07) is 0. The molecule has 142 valence electrons. The number of unbranched alkanes of at least 4 members (excludes halogenated alkanes) is 11. The molecular formula is C18H41ClN2O2. The number of aliphatic carboxylic acids is 1. The van der Waals surface area contributed by atoms with Crippen LogP contribution in [0.5, 0.6) is 0 Å². The van der Waals surface area contributed by atoms with Crippen LogP contribution in [0.2, 0.25) is 0 Å². The maximum absolute atomic E-state index is 10.2. The van der Waals surface area contributed by atoms with Gasteiger partial charge in [0.15, 0.2) is 0 Å². The summed E-state index contributed by atoms with van der Waals surface area (Å²) in [7, 11) is 0. The predicted octanol–water partition coefficient (Wildman–Crippen LogP) is 2.53. The third-order valence-electron chi connectivity index (χ3n) is 3.64. The zero-order valence-electron chi connectivity index (χ0n) is 15.7. The standard InChI is InChI=1S/C18H34O2.ClH.2H3N/c1-2-3-4-5-6-7-8-9-10-11-12-13-14-15-16-17-18(19)20;;;/h9-10H,2-8,11-17H2,1H3,(H,19,20);1H;2*1H3/b10-9-;;;. The number of allylic oxidation sites excluding steroid dienone is 2. The quantitative estimate of drug-likeness (QED) is 0.348. The molecule has 0 aromatic heterocycles. The molecule has 0 radical (unpaired) electrons. The van der Waals surface area contributed by atoms with Gasteiger partial charge in [-0.25, -0.2) is 0 Å². The van der Waals surface area contributed by atoms with Crippen molar-refractivity contribution in [1.82, 2.24) is 12.3 Å². The van der Waals surface area contributed by atoms with E-state index in [-0.39, 0.29) is 31.1 Å². The average Bonchev–Trinajstić information content (AvgIpc) is 2.43. The minimum Gasteiger partial charge on any atom is -1.00 e. The molecule has 0 aliphatic heterocycles. The predicted molar refractivity (Wildman–Crippen MR) is 96.4 cm³/mol. The molecule has 8 N–H and O–H groups in total. The Morgan fingerprint density at radius 3 is 1.57 bits per heavy atom. The summed E-state index contributed by atoms with van der Waals surface area (Å²) in [6.07, 6.45) is 20.9. The molecule has 0 saturated heterocycles. The minimum absolute atomic E-state index is 0. The first-order chi connectivity index (χ1) is 9.77. The summed E-state index contributed by atoms with van der Waals surface area (Å²) >= 11 is 0. The average molecular weight is 353 g/mol. The van der Waals surface area contributed by atoms with Gasteiger partial charge in [-0.2, -0.15) is 0 Å². The van der Waals surface area contributed by atoms with Gasteiger partial charge in [0.1, 0.15) is 0 Å². The highest BCUT2D eigenvalue weighted by atomic mass is 35.5. The molecule has 5 heteroatoms. The molecule has 0 rings (SSSR count). The van der Waals surface area contributed by atoms with Gasteiger partial charge in [-0.1, -0.05) is 70.4 Å². The third kappa shape index (κ3) is 30.0. The number of carbonyl (C=O) groups excluding carboxylic acids is 1. The lowest BCUT2D eigenvalue weighted by molar-refractivity contribution is -0.305. The molecule has 0 bridgehead atoms. The molecule has 4 nitrogen and oxygen atoms in total. The van der Waals surface area contributed by atoms with Gasteiger partial charge in [0.25, 0.3) is 0 Å². The Bertz CT molecular complexity index is 249. The molecule has 0 atom stereocenters. The SMILES string of the molecule is CCCCCCCC/C=C\CCCCCCCC(=O)[O-].[Cl-].[NH4+].[NH4+]. The van der Waals surface area contributed by atoms with Crippen LogP contribution >= 0.6 is 0 Å². The van der Waals surface area contributed by atoms with Crippen molar-refractivity contribution in [2.75, 3.05) is 0 Å². The van der Waals surface area contributed by atoms with Crippen molar-refractivity contribution in [3.63, 3.8) is 0 Å². The van der Waals surface area contributed by atoms with Crippen LogP contribution in [0.4, 0.5) is 0 Å². The maximum atomic E-state index is 10.2. The zero-order chi connectivity index (χ0) is 14.9. The molecule has 23 heavy (non-hydrogen) atoms. The Hall–Kier alpha value is -0.580. The fourth-order valence-electron chi connectivity index (χ4n) is 2.34. The lowest BCUT2D eigenvalue weighted by Crippen LogP contribution is -3.00. The van der Waals surface area contributed by atoms with Crippen LogP contribution in [0, 0.1) is 0 Å². The van der Waals surface area contributed by atoms with E-state index in [0.29, 0.717) is 0 Å². The number of quaternary nitrogens is 2. The van der Waals surface area contributed by atoms with E-state index in [4.69, 9.17) is 0 Å². The van der Waals surface area contributed by atoms with Gasteiger partial charge < -0.3 is 34.6 Å². The van der Waals surface area contributed by atoms with E-state index in [1.165, 1.54) is 64.2 Å². The maximum Gasteiger partial charge on any atom is 0.0414 e. The summed E-state index contributed by atoms with van der Waals surface area (Å²) in [6.45, 7) is 2.26. The first kappa shape index (κ1) is 30.3. The summed E-state index contributed by atoms with van der Waals surface area (Å²) in [4.78, 5) is 10.2. The molecule has 0 fully saturated rings. The molecule has 0 aliphatic carbocycles. The Morgan fingerprint density at radius 2 is 1.13 bits per heavy atom. The van der Waals surface area contributed by atoms with Crippen molar-refractivity contribution in [3.8, 4) is 0 Å². The van der Waals surface area contributed by atoms with E-state index in [9.17, 15) is 9.90 Å². The molecule has 0 aromatic carbocycles. The van der Waals surface area contributed by atoms with Crippen molar-refractivity contribution >= 4 is 5.97 Å². The molecule has 0 heterocycles. The Balaban J connectivity index is -0.000000602. The van der Waals surface area contributed by atoms with Gasteiger partial charge in [0.05, 0.1) is 0 Å². The second-order valence-corrected chi connectivity index (χ2v) is 5.71. The molecular weight excluding hydrogens is 312 g/mol. The molecule has 0 aliphatic rings. The molecule has 0 spiro atoms. The minimum atomic E-state index is -0.914. The highest BCUT2D eigenvalue weighted by Gasteiger charge is 1.91. The lowest BCUT2D eigenvalue weighted by atomic mass is 10.1. The largest absolute Gasteiger partial charge is 1.00 e. The van der Waals surface area contributed by atoms with Crippen molar-refractivity contribution < 1.29 is 22.3 Å². The van der Waals surface area contributed by atoms with Crippen molar-refractivity contribution in [2.24, 2.45) is 0 Å². The van der Waals surface area contributed by atoms with Crippen LogP contribution in [-0.4, -0.2) is 5.97 Å². The van der Waals surface area contributed by atoms with Gasteiger partial charge in [0.2, 0.25) is 0 Å². The molecule has 0 aromatic rings. The number of halogens is 1. The fraction of sp³-hybridized carbons (Fsp3) is 0.833. The second-order valence-electron chi connectivity index (χ2n) is 5.71. The lowest BCUT2D eigenvalue weighted by Gasteiger charge is -2.01.